The van der Waals surface area contributed by atoms with Crippen molar-refractivity contribution in [3.05, 3.63) is 28.8 Å². The van der Waals surface area contributed by atoms with Crippen LogP contribution in [0.25, 0.3) is 0 Å². The molecule has 0 bridgehead atoms. The van der Waals surface area contributed by atoms with Gasteiger partial charge in [-0.15, -0.1) is 0 Å². The zero-order valence-electron chi connectivity index (χ0n) is 12.6. The van der Waals surface area contributed by atoms with Crippen LogP contribution >= 0.6 is 11.6 Å². The number of hydrogen-bond donors (Lipinski definition) is 2. The van der Waals surface area contributed by atoms with Crippen molar-refractivity contribution in [2.45, 2.75) is 25.5 Å². The molecule has 3 N–H and O–H groups in total. The standard InChI is InChI=1S/C15H24ClN3O2/c1-3-6-19-7-8-21-14(10-19)15(18-17)11-4-5-12(16)13(9-11)20-2/h4-5,9,14-15,18H,3,6-8,10,17H2,1-2H3. The number of nitrogens with one attached hydrogen (secondary N) is 1. The van der Waals surface area contributed by atoms with Gasteiger partial charge >= 0.3 is 0 Å². The largest absolute Gasteiger partial charge is 0.495 e. The zero-order valence-corrected chi connectivity index (χ0v) is 13.4. The smallest absolute Gasteiger partial charge is 0.137 e. The van der Waals surface area contributed by atoms with E-state index >= 15 is 0 Å². The zero-order chi connectivity index (χ0) is 15.2. The Labute approximate surface area is 131 Å². The number of benzene rings is 1. The Balaban J connectivity index is 2.15. The molecule has 1 heterocycles. The van der Waals surface area contributed by atoms with Crippen LogP contribution in [0.2, 0.25) is 5.02 Å². The Morgan fingerprint density at radius 3 is 3.05 bits per heavy atom. The normalized spacial score (nSPS) is 21.2. The number of ether oxygens (including phenoxy) is 2. The van der Waals surface area contributed by atoms with Crippen molar-refractivity contribution in [3.8, 4) is 5.75 Å². The lowest BCUT2D eigenvalue weighted by atomic mass is 10.00. The second-order valence-electron chi connectivity index (χ2n) is 5.25. The number of nitrogens with zero attached hydrogens (tertiary/aromatic N) is 1. The maximum atomic E-state index is 6.08. The van der Waals surface area contributed by atoms with Gasteiger partial charge in [0.25, 0.3) is 0 Å². The summed E-state index contributed by atoms with van der Waals surface area (Å²) in [5, 5.41) is 0.592. The van der Waals surface area contributed by atoms with Crippen LogP contribution in [-0.4, -0.2) is 44.4 Å². The highest BCUT2D eigenvalue weighted by Gasteiger charge is 2.28. The van der Waals surface area contributed by atoms with Crippen LogP contribution in [0.5, 0.6) is 5.75 Å². The van der Waals surface area contributed by atoms with Gasteiger partial charge in [0.15, 0.2) is 0 Å². The molecule has 1 aromatic carbocycles. The van der Waals surface area contributed by atoms with Gasteiger partial charge in [-0.25, -0.2) is 0 Å². The Morgan fingerprint density at radius 1 is 1.57 bits per heavy atom. The SMILES string of the molecule is CCCN1CCOC(C(NN)c2ccc(Cl)c(OC)c2)C1. The molecule has 118 valence electrons. The first-order chi connectivity index (χ1) is 10.2. The van der Waals surface area contributed by atoms with Gasteiger partial charge in [0.1, 0.15) is 5.75 Å². The van der Waals surface area contributed by atoms with Crippen LogP contribution in [0.4, 0.5) is 0 Å². The lowest BCUT2D eigenvalue weighted by Gasteiger charge is -2.36. The lowest BCUT2D eigenvalue weighted by molar-refractivity contribution is -0.0471. The van der Waals surface area contributed by atoms with E-state index in [1.54, 1.807) is 7.11 Å². The van der Waals surface area contributed by atoms with Crippen LogP contribution in [0.1, 0.15) is 24.9 Å². The maximum absolute atomic E-state index is 6.08. The molecule has 21 heavy (non-hydrogen) atoms. The summed E-state index contributed by atoms with van der Waals surface area (Å²) in [6, 6.07) is 5.61. The summed E-state index contributed by atoms with van der Waals surface area (Å²) >= 11 is 6.08. The molecule has 6 heteroatoms. The first-order valence-corrected chi connectivity index (χ1v) is 7.71. The Morgan fingerprint density at radius 2 is 2.38 bits per heavy atom. The van der Waals surface area contributed by atoms with Gasteiger partial charge in [0.2, 0.25) is 0 Å². The maximum Gasteiger partial charge on any atom is 0.137 e. The number of nitrogens with two attached hydrogens (primary N) is 1. The van der Waals surface area contributed by atoms with Gasteiger partial charge < -0.3 is 9.47 Å². The minimum Gasteiger partial charge on any atom is -0.495 e. The fourth-order valence-corrected chi connectivity index (χ4v) is 2.94. The molecule has 2 unspecified atom stereocenters. The highest BCUT2D eigenvalue weighted by atomic mass is 35.5. The van der Waals surface area contributed by atoms with Gasteiger partial charge in [0, 0.05) is 13.1 Å². The minimum atomic E-state index is -0.0872. The summed E-state index contributed by atoms with van der Waals surface area (Å²) in [5.41, 5.74) is 3.89. The average Bonchev–Trinajstić information content (AvgIpc) is 2.50. The van der Waals surface area contributed by atoms with Gasteiger partial charge in [-0.05, 0) is 30.7 Å². The van der Waals surface area contributed by atoms with E-state index in [4.69, 9.17) is 26.9 Å². The first kappa shape index (κ1) is 16.5. The summed E-state index contributed by atoms with van der Waals surface area (Å²) in [5.74, 6) is 6.41. The quantitative estimate of drug-likeness (QED) is 0.621. The molecule has 1 saturated heterocycles. The van der Waals surface area contributed by atoms with E-state index < -0.39 is 0 Å². The Bertz CT molecular complexity index is 457. The molecule has 0 spiro atoms. The molecule has 0 amide bonds. The third-order valence-corrected chi connectivity index (χ3v) is 4.12. The van der Waals surface area contributed by atoms with Crippen molar-refractivity contribution in [1.29, 1.82) is 0 Å². The predicted molar refractivity (Wildman–Crippen MR) is 84.5 cm³/mol. The van der Waals surface area contributed by atoms with Crippen LogP contribution in [0, 0.1) is 0 Å². The van der Waals surface area contributed by atoms with E-state index in [-0.39, 0.29) is 12.1 Å². The molecule has 2 rings (SSSR count). The lowest BCUT2D eigenvalue weighted by Crippen LogP contribution is -2.49. The van der Waals surface area contributed by atoms with Crippen molar-refractivity contribution in [2.24, 2.45) is 5.84 Å². The molecule has 1 aliphatic heterocycles. The van der Waals surface area contributed by atoms with Crippen LogP contribution in [0.15, 0.2) is 18.2 Å². The molecule has 0 aromatic heterocycles. The second-order valence-corrected chi connectivity index (χ2v) is 5.66. The number of methoxy groups -OCH3 is 1. The van der Waals surface area contributed by atoms with Gasteiger partial charge in [0.05, 0.1) is 30.9 Å². The molecule has 1 aromatic rings. The molecule has 1 fully saturated rings. The summed E-state index contributed by atoms with van der Waals surface area (Å²) in [6.45, 7) is 5.85. The van der Waals surface area contributed by atoms with E-state index in [2.05, 4.69) is 17.2 Å². The molecule has 0 aliphatic carbocycles. The number of morpholine rings is 1. The topological polar surface area (TPSA) is 59.8 Å². The van der Waals surface area contributed by atoms with Gasteiger partial charge in [-0.1, -0.05) is 24.6 Å². The van der Waals surface area contributed by atoms with Crippen molar-refractivity contribution in [1.82, 2.24) is 10.3 Å². The molecule has 0 saturated carbocycles. The highest BCUT2D eigenvalue weighted by Crippen LogP contribution is 2.30. The van der Waals surface area contributed by atoms with Gasteiger partial charge in [-0.3, -0.25) is 16.2 Å². The van der Waals surface area contributed by atoms with Crippen molar-refractivity contribution in [2.75, 3.05) is 33.4 Å². The third-order valence-electron chi connectivity index (χ3n) is 3.80. The third kappa shape index (κ3) is 4.08. The van der Waals surface area contributed by atoms with E-state index in [0.717, 1.165) is 38.2 Å². The summed E-state index contributed by atoms with van der Waals surface area (Å²) < 4.78 is 11.2. The molecule has 0 radical (unpaired) electrons. The predicted octanol–water partition coefficient (Wildman–Crippen LogP) is 1.96. The van der Waals surface area contributed by atoms with Crippen molar-refractivity contribution < 1.29 is 9.47 Å². The van der Waals surface area contributed by atoms with E-state index in [0.29, 0.717) is 10.8 Å². The monoisotopic (exact) mass is 313 g/mol. The van der Waals surface area contributed by atoms with E-state index in [9.17, 15) is 0 Å². The number of hydrogen-bond acceptors (Lipinski definition) is 5. The summed E-state index contributed by atoms with van der Waals surface area (Å²) in [7, 11) is 1.61. The number of halogens is 1. The molecule has 2 atom stereocenters. The Kier molecular flexibility index (Phi) is 6.26. The van der Waals surface area contributed by atoms with Crippen LogP contribution in [-0.2, 0) is 4.74 Å². The fourth-order valence-electron chi connectivity index (χ4n) is 2.74. The van der Waals surface area contributed by atoms with Gasteiger partial charge in [-0.2, -0.15) is 0 Å². The number of rotatable bonds is 6. The van der Waals surface area contributed by atoms with E-state index in [1.807, 2.05) is 18.2 Å². The molecule has 5 nitrogen and oxygen atoms in total. The molecular formula is C15H24ClN3O2. The second kappa shape index (κ2) is 7.96. The number of hydrazine groups is 1. The minimum absolute atomic E-state index is 0.0150. The average molecular weight is 314 g/mol. The van der Waals surface area contributed by atoms with E-state index in [1.165, 1.54) is 0 Å². The molecule has 1 aliphatic rings. The molecular weight excluding hydrogens is 290 g/mol. The summed E-state index contributed by atoms with van der Waals surface area (Å²) in [4.78, 5) is 2.41. The Hall–Kier alpha value is -0.850. The summed E-state index contributed by atoms with van der Waals surface area (Å²) in [6.07, 6.45) is 1.16. The van der Waals surface area contributed by atoms with Crippen LogP contribution in [0.3, 0.4) is 0 Å². The van der Waals surface area contributed by atoms with Crippen molar-refractivity contribution in [3.63, 3.8) is 0 Å². The van der Waals surface area contributed by atoms with Crippen molar-refractivity contribution >= 4 is 11.6 Å². The fraction of sp³-hybridized carbons (Fsp3) is 0.600. The van der Waals surface area contributed by atoms with Crippen LogP contribution < -0.4 is 16.0 Å². The highest BCUT2D eigenvalue weighted by molar-refractivity contribution is 6.32. The first-order valence-electron chi connectivity index (χ1n) is 7.33.